The number of nitrogens with zero attached hydrogens (tertiary/aromatic N) is 1. The Kier molecular flexibility index (Phi) is 4.71. The largest absolute Gasteiger partial charge is 0.484 e. The van der Waals surface area contributed by atoms with Gasteiger partial charge in [-0.3, -0.25) is 9.78 Å². The molecule has 4 nitrogen and oxygen atoms in total. The zero-order valence-corrected chi connectivity index (χ0v) is 11.7. The highest BCUT2D eigenvalue weighted by Gasteiger charge is 2.10. The molecule has 0 fully saturated rings. The Morgan fingerprint density at radius 2 is 1.95 bits per heavy atom. The third kappa shape index (κ3) is 3.82. The number of para-hydroxylation sites is 1. The summed E-state index contributed by atoms with van der Waals surface area (Å²) >= 11 is 0. The molecule has 0 spiro atoms. The number of ether oxygens (including phenoxy) is 1. The number of carbonyl (C=O) groups excluding carboxylic acids is 1. The highest BCUT2D eigenvalue weighted by molar-refractivity contribution is 5.78. The number of amides is 1. The van der Waals surface area contributed by atoms with Crippen LogP contribution in [-0.4, -0.2) is 17.5 Å². The van der Waals surface area contributed by atoms with Crippen LogP contribution in [0.1, 0.15) is 24.1 Å². The van der Waals surface area contributed by atoms with Crippen LogP contribution in [0.25, 0.3) is 0 Å². The minimum Gasteiger partial charge on any atom is -0.484 e. The van der Waals surface area contributed by atoms with E-state index in [-0.39, 0.29) is 18.6 Å². The SMILES string of the molecule is Cc1ccccc1OCC(=O)NC(C)c1ccncc1. The minimum absolute atomic E-state index is 0.0142. The van der Waals surface area contributed by atoms with E-state index >= 15 is 0 Å². The molecule has 0 saturated carbocycles. The Bertz CT molecular complexity index is 570. The smallest absolute Gasteiger partial charge is 0.258 e. The lowest BCUT2D eigenvalue weighted by atomic mass is 10.1. The van der Waals surface area contributed by atoms with Gasteiger partial charge in [0.2, 0.25) is 0 Å². The molecular weight excluding hydrogens is 252 g/mol. The first-order valence-electron chi connectivity index (χ1n) is 6.54. The summed E-state index contributed by atoms with van der Waals surface area (Å²) < 4.78 is 5.51. The van der Waals surface area contributed by atoms with E-state index in [9.17, 15) is 4.79 Å². The number of benzene rings is 1. The summed E-state index contributed by atoms with van der Waals surface area (Å²) in [4.78, 5) is 15.8. The highest BCUT2D eigenvalue weighted by Crippen LogP contribution is 2.16. The molecule has 1 unspecified atom stereocenters. The predicted molar refractivity (Wildman–Crippen MR) is 77.5 cm³/mol. The third-order valence-electron chi connectivity index (χ3n) is 3.04. The summed E-state index contributed by atoms with van der Waals surface area (Å²) in [5.41, 5.74) is 2.03. The Labute approximate surface area is 118 Å². The van der Waals surface area contributed by atoms with Gasteiger partial charge in [0.15, 0.2) is 6.61 Å². The Morgan fingerprint density at radius 3 is 2.65 bits per heavy atom. The van der Waals surface area contributed by atoms with E-state index < -0.39 is 0 Å². The monoisotopic (exact) mass is 270 g/mol. The molecule has 20 heavy (non-hydrogen) atoms. The summed E-state index contributed by atoms with van der Waals surface area (Å²) in [6.45, 7) is 3.90. The number of carbonyl (C=O) groups is 1. The molecule has 0 radical (unpaired) electrons. The number of hydrogen-bond acceptors (Lipinski definition) is 3. The van der Waals surface area contributed by atoms with Gasteiger partial charge in [0.25, 0.3) is 5.91 Å². The molecule has 0 aliphatic heterocycles. The molecule has 2 rings (SSSR count). The lowest BCUT2D eigenvalue weighted by Gasteiger charge is -2.15. The summed E-state index contributed by atoms with van der Waals surface area (Å²) in [6, 6.07) is 11.3. The molecular formula is C16H18N2O2. The van der Waals surface area contributed by atoms with E-state index in [0.29, 0.717) is 0 Å². The molecule has 1 heterocycles. The predicted octanol–water partition coefficient (Wildman–Crippen LogP) is 2.65. The topological polar surface area (TPSA) is 51.2 Å². The molecule has 1 aromatic carbocycles. The van der Waals surface area contributed by atoms with Crippen molar-refractivity contribution in [3.63, 3.8) is 0 Å². The van der Waals surface area contributed by atoms with E-state index in [4.69, 9.17) is 4.74 Å². The zero-order chi connectivity index (χ0) is 14.4. The number of rotatable bonds is 5. The molecule has 0 aliphatic carbocycles. The van der Waals surface area contributed by atoms with Crippen molar-refractivity contribution in [1.29, 1.82) is 0 Å². The summed E-state index contributed by atoms with van der Waals surface area (Å²) in [6.07, 6.45) is 3.42. The molecule has 1 N–H and O–H groups in total. The van der Waals surface area contributed by atoms with Gasteiger partial charge < -0.3 is 10.1 Å². The molecule has 2 aromatic rings. The first kappa shape index (κ1) is 14.1. The fourth-order valence-corrected chi connectivity index (χ4v) is 1.88. The van der Waals surface area contributed by atoms with Crippen molar-refractivity contribution in [1.82, 2.24) is 10.3 Å². The molecule has 0 aliphatic rings. The maximum Gasteiger partial charge on any atom is 0.258 e. The van der Waals surface area contributed by atoms with Crippen LogP contribution in [0.3, 0.4) is 0 Å². The van der Waals surface area contributed by atoms with Gasteiger partial charge in [-0.15, -0.1) is 0 Å². The average molecular weight is 270 g/mol. The maximum absolute atomic E-state index is 11.9. The van der Waals surface area contributed by atoms with Crippen LogP contribution in [0.2, 0.25) is 0 Å². The van der Waals surface area contributed by atoms with Gasteiger partial charge >= 0.3 is 0 Å². The van der Waals surface area contributed by atoms with E-state index in [1.807, 2.05) is 50.2 Å². The minimum atomic E-state index is -0.141. The second kappa shape index (κ2) is 6.70. The van der Waals surface area contributed by atoms with Gasteiger partial charge in [-0.1, -0.05) is 18.2 Å². The average Bonchev–Trinajstić information content (AvgIpc) is 2.47. The lowest BCUT2D eigenvalue weighted by molar-refractivity contribution is -0.123. The Hall–Kier alpha value is -2.36. The van der Waals surface area contributed by atoms with Crippen molar-refractivity contribution in [2.45, 2.75) is 19.9 Å². The van der Waals surface area contributed by atoms with Gasteiger partial charge in [0.1, 0.15) is 5.75 Å². The third-order valence-corrected chi connectivity index (χ3v) is 3.04. The van der Waals surface area contributed by atoms with Crippen LogP contribution in [0.15, 0.2) is 48.8 Å². The zero-order valence-electron chi connectivity index (χ0n) is 11.7. The van der Waals surface area contributed by atoms with E-state index in [1.54, 1.807) is 12.4 Å². The van der Waals surface area contributed by atoms with Crippen LogP contribution in [0, 0.1) is 6.92 Å². The normalized spacial score (nSPS) is 11.7. The van der Waals surface area contributed by atoms with Gasteiger partial charge in [-0.05, 0) is 43.2 Å². The van der Waals surface area contributed by atoms with Crippen molar-refractivity contribution in [2.24, 2.45) is 0 Å². The second-order valence-electron chi connectivity index (χ2n) is 4.62. The van der Waals surface area contributed by atoms with Gasteiger partial charge in [0.05, 0.1) is 6.04 Å². The fraction of sp³-hybridized carbons (Fsp3) is 0.250. The van der Waals surface area contributed by atoms with Crippen LogP contribution in [-0.2, 0) is 4.79 Å². The molecule has 1 aromatic heterocycles. The van der Waals surface area contributed by atoms with E-state index in [0.717, 1.165) is 16.9 Å². The molecule has 1 atom stereocenters. The molecule has 104 valence electrons. The number of hydrogen-bond donors (Lipinski definition) is 1. The van der Waals surface area contributed by atoms with Crippen molar-refractivity contribution < 1.29 is 9.53 Å². The number of pyridine rings is 1. The van der Waals surface area contributed by atoms with Crippen molar-refractivity contribution >= 4 is 5.91 Å². The van der Waals surface area contributed by atoms with Crippen molar-refractivity contribution in [3.05, 3.63) is 59.9 Å². The van der Waals surface area contributed by atoms with Gasteiger partial charge in [-0.25, -0.2) is 0 Å². The van der Waals surface area contributed by atoms with Gasteiger partial charge in [0, 0.05) is 12.4 Å². The highest BCUT2D eigenvalue weighted by atomic mass is 16.5. The van der Waals surface area contributed by atoms with Crippen molar-refractivity contribution in [3.8, 4) is 5.75 Å². The molecule has 1 amide bonds. The van der Waals surface area contributed by atoms with Crippen molar-refractivity contribution in [2.75, 3.05) is 6.61 Å². The number of nitrogens with one attached hydrogen (secondary N) is 1. The van der Waals surface area contributed by atoms with Crippen LogP contribution < -0.4 is 10.1 Å². The molecule has 4 heteroatoms. The van der Waals surface area contributed by atoms with Gasteiger partial charge in [-0.2, -0.15) is 0 Å². The Balaban J connectivity index is 1.86. The molecule has 0 bridgehead atoms. The molecule has 0 saturated heterocycles. The van der Waals surface area contributed by atoms with E-state index in [1.165, 1.54) is 0 Å². The van der Waals surface area contributed by atoms with Crippen LogP contribution >= 0.6 is 0 Å². The van der Waals surface area contributed by atoms with Crippen LogP contribution in [0.4, 0.5) is 0 Å². The first-order valence-corrected chi connectivity index (χ1v) is 6.54. The maximum atomic E-state index is 11.9. The second-order valence-corrected chi connectivity index (χ2v) is 4.62. The summed E-state index contributed by atoms with van der Waals surface area (Å²) in [5.74, 6) is 0.594. The summed E-state index contributed by atoms with van der Waals surface area (Å²) in [7, 11) is 0. The van der Waals surface area contributed by atoms with E-state index in [2.05, 4.69) is 10.3 Å². The summed E-state index contributed by atoms with van der Waals surface area (Å²) in [5, 5.41) is 2.89. The number of aryl methyl sites for hydroxylation is 1. The van der Waals surface area contributed by atoms with Crippen LogP contribution in [0.5, 0.6) is 5.75 Å². The first-order chi connectivity index (χ1) is 9.66. The quantitative estimate of drug-likeness (QED) is 0.908. The standard InChI is InChI=1S/C16H18N2O2/c1-12-5-3-4-6-15(12)20-11-16(19)18-13(2)14-7-9-17-10-8-14/h3-10,13H,11H2,1-2H3,(H,18,19). The Morgan fingerprint density at radius 1 is 1.25 bits per heavy atom. The fourth-order valence-electron chi connectivity index (χ4n) is 1.88. The number of aromatic nitrogens is 1. The lowest BCUT2D eigenvalue weighted by Crippen LogP contribution is -2.31.